The molecule has 1 aliphatic carbocycles. The van der Waals surface area contributed by atoms with Gasteiger partial charge in [0, 0.05) is 37.2 Å². The van der Waals surface area contributed by atoms with Crippen molar-refractivity contribution in [3.05, 3.63) is 33.9 Å². The van der Waals surface area contributed by atoms with Crippen molar-refractivity contribution < 1.29 is 19.6 Å². The predicted octanol–water partition coefficient (Wildman–Crippen LogP) is 2.50. The molecule has 1 aromatic rings. The maximum absolute atomic E-state index is 12.6. The van der Waals surface area contributed by atoms with Gasteiger partial charge in [-0.1, -0.05) is 0 Å². The SMILES string of the molecule is O=C(O)CC1CCN(C(=O)c2ccc(NC3CC3)c([N+](=O)[O-])c2)CC1. The van der Waals surface area contributed by atoms with Crippen molar-refractivity contribution in [1.29, 1.82) is 0 Å². The van der Waals surface area contributed by atoms with Crippen LogP contribution >= 0.6 is 0 Å². The van der Waals surface area contributed by atoms with Gasteiger partial charge >= 0.3 is 5.97 Å². The highest BCUT2D eigenvalue weighted by molar-refractivity contribution is 5.95. The number of carboxylic acid groups (broad SMARTS) is 1. The molecule has 1 heterocycles. The second kappa shape index (κ2) is 7.08. The number of nitrogens with one attached hydrogen (secondary N) is 1. The Hall–Kier alpha value is -2.64. The van der Waals surface area contributed by atoms with Crippen molar-refractivity contribution in [3.8, 4) is 0 Å². The molecule has 1 saturated carbocycles. The van der Waals surface area contributed by atoms with Crippen LogP contribution in [0, 0.1) is 16.0 Å². The van der Waals surface area contributed by atoms with Gasteiger partial charge in [0.2, 0.25) is 0 Å². The van der Waals surface area contributed by atoms with Crippen LogP contribution in [0.1, 0.15) is 42.5 Å². The lowest BCUT2D eigenvalue weighted by Gasteiger charge is -2.31. The Bertz CT molecular complexity index is 694. The van der Waals surface area contributed by atoms with Gasteiger partial charge in [-0.25, -0.2) is 0 Å². The number of amides is 1. The normalized spacial score (nSPS) is 18.0. The molecule has 1 aromatic carbocycles. The van der Waals surface area contributed by atoms with E-state index in [4.69, 9.17) is 5.11 Å². The first-order chi connectivity index (χ1) is 11.9. The number of rotatable bonds is 6. The average Bonchev–Trinajstić information content (AvgIpc) is 3.38. The number of carboxylic acids is 1. The van der Waals surface area contributed by atoms with Crippen molar-refractivity contribution in [2.75, 3.05) is 18.4 Å². The van der Waals surface area contributed by atoms with E-state index < -0.39 is 10.9 Å². The molecular weight excluding hydrogens is 326 g/mol. The minimum Gasteiger partial charge on any atom is -0.481 e. The number of aliphatic carboxylic acids is 1. The highest BCUT2D eigenvalue weighted by atomic mass is 16.6. The van der Waals surface area contributed by atoms with Crippen LogP contribution in [0.4, 0.5) is 11.4 Å². The third-order valence-electron chi connectivity index (χ3n) is 4.74. The van der Waals surface area contributed by atoms with Crippen molar-refractivity contribution in [3.63, 3.8) is 0 Å². The summed E-state index contributed by atoms with van der Waals surface area (Å²) in [7, 11) is 0. The summed E-state index contributed by atoms with van der Waals surface area (Å²) in [6.45, 7) is 0.958. The lowest BCUT2D eigenvalue weighted by atomic mass is 9.93. The third kappa shape index (κ3) is 4.26. The van der Waals surface area contributed by atoms with E-state index in [-0.39, 0.29) is 30.0 Å². The maximum atomic E-state index is 12.6. The van der Waals surface area contributed by atoms with E-state index >= 15 is 0 Å². The Balaban J connectivity index is 1.68. The molecule has 2 N–H and O–H groups in total. The number of carbonyl (C=O) groups excluding carboxylic acids is 1. The van der Waals surface area contributed by atoms with Crippen LogP contribution < -0.4 is 5.32 Å². The van der Waals surface area contributed by atoms with E-state index in [0.717, 1.165) is 12.8 Å². The number of benzene rings is 1. The topological polar surface area (TPSA) is 113 Å². The van der Waals surface area contributed by atoms with Crippen molar-refractivity contribution in [2.45, 2.75) is 38.1 Å². The second-order valence-corrected chi connectivity index (χ2v) is 6.74. The molecule has 0 bridgehead atoms. The molecule has 8 nitrogen and oxygen atoms in total. The summed E-state index contributed by atoms with van der Waals surface area (Å²) < 4.78 is 0. The molecule has 0 aromatic heterocycles. The van der Waals surface area contributed by atoms with Gasteiger partial charge in [-0.3, -0.25) is 19.7 Å². The Kier molecular flexibility index (Phi) is 4.87. The van der Waals surface area contributed by atoms with Crippen LogP contribution in [0.5, 0.6) is 0 Å². The van der Waals surface area contributed by atoms with Crippen LogP contribution in [0.15, 0.2) is 18.2 Å². The van der Waals surface area contributed by atoms with Crippen molar-refractivity contribution >= 4 is 23.3 Å². The zero-order valence-electron chi connectivity index (χ0n) is 13.8. The van der Waals surface area contributed by atoms with Crippen LogP contribution in [-0.4, -0.2) is 45.9 Å². The Morgan fingerprint density at radius 3 is 2.48 bits per heavy atom. The average molecular weight is 347 g/mol. The zero-order chi connectivity index (χ0) is 18.0. The van der Waals surface area contributed by atoms with Gasteiger partial charge in [0.25, 0.3) is 11.6 Å². The first kappa shape index (κ1) is 17.2. The molecule has 8 heteroatoms. The molecule has 0 unspecified atom stereocenters. The predicted molar refractivity (Wildman–Crippen MR) is 90.6 cm³/mol. The highest BCUT2D eigenvalue weighted by Crippen LogP contribution is 2.32. The summed E-state index contributed by atoms with van der Waals surface area (Å²) in [5.74, 6) is -0.977. The van der Waals surface area contributed by atoms with Gasteiger partial charge in [0.15, 0.2) is 0 Å². The zero-order valence-corrected chi connectivity index (χ0v) is 13.8. The van der Waals surface area contributed by atoms with Gasteiger partial charge in [0.1, 0.15) is 5.69 Å². The minimum atomic E-state index is -0.820. The Labute approximate surface area is 145 Å². The summed E-state index contributed by atoms with van der Waals surface area (Å²) in [5, 5.41) is 23.3. The summed E-state index contributed by atoms with van der Waals surface area (Å²) >= 11 is 0. The number of nitro benzene ring substituents is 1. The first-order valence-corrected chi connectivity index (χ1v) is 8.50. The molecule has 1 saturated heterocycles. The van der Waals surface area contributed by atoms with E-state index in [0.29, 0.717) is 37.2 Å². The van der Waals surface area contributed by atoms with E-state index in [1.54, 1.807) is 17.0 Å². The summed E-state index contributed by atoms with van der Waals surface area (Å²) in [5.41, 5.74) is 0.660. The lowest BCUT2D eigenvalue weighted by molar-refractivity contribution is -0.384. The van der Waals surface area contributed by atoms with Crippen LogP contribution in [0.2, 0.25) is 0 Å². The van der Waals surface area contributed by atoms with Gasteiger partial charge in [-0.15, -0.1) is 0 Å². The standard InChI is InChI=1S/C17H21N3O5/c21-16(22)9-11-5-7-19(8-6-11)17(23)12-1-4-14(18-13-2-3-13)15(10-12)20(24)25/h1,4,10-11,13,18H,2-3,5-9H2,(H,21,22). The smallest absolute Gasteiger partial charge is 0.303 e. The number of nitro groups is 1. The fraction of sp³-hybridized carbons (Fsp3) is 0.529. The second-order valence-electron chi connectivity index (χ2n) is 6.74. The highest BCUT2D eigenvalue weighted by Gasteiger charge is 2.28. The molecule has 134 valence electrons. The van der Waals surface area contributed by atoms with Crippen molar-refractivity contribution in [1.82, 2.24) is 4.90 Å². The third-order valence-corrected chi connectivity index (χ3v) is 4.74. The largest absolute Gasteiger partial charge is 0.481 e. The van der Waals surface area contributed by atoms with Gasteiger partial charge in [-0.2, -0.15) is 0 Å². The number of hydrogen-bond donors (Lipinski definition) is 2. The van der Waals surface area contributed by atoms with Crippen LogP contribution in [0.3, 0.4) is 0 Å². The fourth-order valence-electron chi connectivity index (χ4n) is 3.16. The molecule has 2 fully saturated rings. The molecule has 2 aliphatic rings. The quantitative estimate of drug-likeness (QED) is 0.604. The molecule has 3 rings (SSSR count). The fourth-order valence-corrected chi connectivity index (χ4v) is 3.16. The summed E-state index contributed by atoms with van der Waals surface area (Å²) in [4.78, 5) is 35.9. The summed E-state index contributed by atoms with van der Waals surface area (Å²) in [6.07, 6.45) is 3.41. The number of hydrogen-bond acceptors (Lipinski definition) is 5. The monoisotopic (exact) mass is 347 g/mol. The van der Waals surface area contributed by atoms with E-state index in [1.165, 1.54) is 6.07 Å². The molecule has 0 spiro atoms. The first-order valence-electron chi connectivity index (χ1n) is 8.50. The number of carbonyl (C=O) groups is 2. The van der Waals surface area contributed by atoms with Crippen LogP contribution in [-0.2, 0) is 4.79 Å². The number of likely N-dealkylation sites (tertiary alicyclic amines) is 1. The molecule has 0 radical (unpaired) electrons. The minimum absolute atomic E-state index is 0.0843. The number of nitrogens with zero attached hydrogens (tertiary/aromatic N) is 2. The van der Waals surface area contributed by atoms with E-state index in [1.807, 2.05) is 0 Å². The van der Waals surface area contributed by atoms with Gasteiger partial charge < -0.3 is 15.3 Å². The van der Waals surface area contributed by atoms with Gasteiger partial charge in [-0.05, 0) is 43.7 Å². The molecule has 25 heavy (non-hydrogen) atoms. The van der Waals surface area contributed by atoms with E-state index in [9.17, 15) is 19.7 Å². The molecule has 0 atom stereocenters. The summed E-state index contributed by atoms with van der Waals surface area (Å²) in [6, 6.07) is 4.83. The molecule has 1 amide bonds. The number of anilines is 1. The van der Waals surface area contributed by atoms with E-state index in [2.05, 4.69) is 5.32 Å². The van der Waals surface area contributed by atoms with Gasteiger partial charge in [0.05, 0.1) is 4.92 Å². The Morgan fingerprint density at radius 1 is 1.24 bits per heavy atom. The number of piperidine rings is 1. The molecular formula is C17H21N3O5. The van der Waals surface area contributed by atoms with Crippen LogP contribution in [0.25, 0.3) is 0 Å². The Morgan fingerprint density at radius 2 is 1.92 bits per heavy atom. The van der Waals surface area contributed by atoms with Crippen molar-refractivity contribution in [2.24, 2.45) is 5.92 Å². The maximum Gasteiger partial charge on any atom is 0.303 e. The molecule has 1 aliphatic heterocycles. The lowest BCUT2D eigenvalue weighted by Crippen LogP contribution is -2.38.